The zero-order valence-electron chi connectivity index (χ0n) is 8.92. The molecule has 0 saturated carbocycles. The van der Waals surface area contributed by atoms with Crippen LogP contribution in [0.3, 0.4) is 0 Å². The minimum atomic E-state index is -0.983. The molecule has 5 nitrogen and oxygen atoms in total. The lowest BCUT2D eigenvalue weighted by Crippen LogP contribution is -2.02. The number of hydrogen-bond donors (Lipinski definition) is 3. The van der Waals surface area contributed by atoms with Gasteiger partial charge >= 0.3 is 5.97 Å². The lowest BCUT2D eigenvalue weighted by molar-refractivity contribution is 0.0698. The Morgan fingerprint density at radius 3 is 2.82 bits per heavy atom. The van der Waals surface area contributed by atoms with E-state index in [0.29, 0.717) is 5.69 Å². The van der Waals surface area contributed by atoms with Crippen molar-refractivity contribution in [3.63, 3.8) is 0 Å². The van der Waals surface area contributed by atoms with Crippen LogP contribution in [0.15, 0.2) is 47.7 Å². The van der Waals surface area contributed by atoms with Crippen LogP contribution in [0.1, 0.15) is 16.1 Å². The van der Waals surface area contributed by atoms with Gasteiger partial charge in [0.25, 0.3) is 0 Å². The first-order valence-electron chi connectivity index (χ1n) is 5.02. The monoisotopic (exact) mass is 229 g/mol. The second-order valence-electron chi connectivity index (χ2n) is 3.35. The molecule has 1 aromatic heterocycles. The molecule has 0 unspecified atom stereocenters. The highest BCUT2D eigenvalue weighted by Crippen LogP contribution is 2.14. The largest absolute Gasteiger partial charge is 0.478 e. The molecule has 1 aromatic carbocycles. The van der Waals surface area contributed by atoms with E-state index >= 15 is 0 Å². The zero-order valence-corrected chi connectivity index (χ0v) is 8.92. The zero-order chi connectivity index (χ0) is 12.1. The number of H-pyrrole nitrogens is 1. The van der Waals surface area contributed by atoms with Crippen LogP contribution < -0.4 is 5.43 Å². The second kappa shape index (κ2) is 4.98. The van der Waals surface area contributed by atoms with Crippen molar-refractivity contribution in [3.05, 3.63) is 53.9 Å². The molecule has 0 atom stereocenters. The molecule has 0 amide bonds. The van der Waals surface area contributed by atoms with Gasteiger partial charge in [0.05, 0.1) is 23.2 Å². The SMILES string of the molecule is O=C(O)c1ccccc1NN=Cc1ccc[nH]1. The van der Waals surface area contributed by atoms with Crippen molar-refractivity contribution in [3.8, 4) is 0 Å². The number of carbonyl (C=O) groups is 1. The summed E-state index contributed by atoms with van der Waals surface area (Å²) in [7, 11) is 0. The number of carboxylic acids is 1. The number of anilines is 1. The number of aromatic amines is 1. The predicted molar refractivity (Wildman–Crippen MR) is 65.4 cm³/mol. The first-order valence-corrected chi connectivity index (χ1v) is 5.02. The standard InChI is InChI=1S/C12H11N3O2/c16-12(17)10-5-1-2-6-11(10)15-14-8-9-4-3-7-13-9/h1-8,13,15H,(H,16,17). The van der Waals surface area contributed by atoms with Crippen LogP contribution in [0, 0.1) is 0 Å². The highest BCUT2D eigenvalue weighted by molar-refractivity contribution is 5.94. The van der Waals surface area contributed by atoms with Gasteiger partial charge in [0.1, 0.15) is 0 Å². The third kappa shape index (κ3) is 2.72. The Morgan fingerprint density at radius 2 is 2.12 bits per heavy atom. The molecule has 0 bridgehead atoms. The molecule has 0 saturated heterocycles. The van der Waals surface area contributed by atoms with E-state index in [1.54, 1.807) is 30.6 Å². The van der Waals surface area contributed by atoms with Gasteiger partial charge in [-0.3, -0.25) is 5.43 Å². The Kier molecular flexibility index (Phi) is 3.20. The molecular weight excluding hydrogens is 218 g/mol. The fourth-order valence-electron chi connectivity index (χ4n) is 1.36. The number of nitrogens with one attached hydrogen (secondary N) is 2. The van der Waals surface area contributed by atoms with E-state index in [1.165, 1.54) is 6.07 Å². The molecule has 2 aromatic rings. The Morgan fingerprint density at radius 1 is 1.29 bits per heavy atom. The number of rotatable bonds is 4. The van der Waals surface area contributed by atoms with E-state index < -0.39 is 5.97 Å². The van der Waals surface area contributed by atoms with Crippen LogP contribution in [-0.4, -0.2) is 22.3 Å². The number of nitrogens with zero attached hydrogens (tertiary/aromatic N) is 1. The van der Waals surface area contributed by atoms with Crippen LogP contribution in [0.2, 0.25) is 0 Å². The Hall–Kier alpha value is -2.56. The van der Waals surface area contributed by atoms with Crippen molar-refractivity contribution in [1.82, 2.24) is 4.98 Å². The number of hydrogen-bond acceptors (Lipinski definition) is 3. The summed E-state index contributed by atoms with van der Waals surface area (Å²) in [6.45, 7) is 0. The van der Waals surface area contributed by atoms with Crippen molar-refractivity contribution in [2.24, 2.45) is 5.10 Å². The summed E-state index contributed by atoms with van der Waals surface area (Å²) in [5.74, 6) is -0.983. The Balaban J connectivity index is 2.11. The smallest absolute Gasteiger partial charge is 0.337 e. The van der Waals surface area contributed by atoms with Crippen molar-refractivity contribution >= 4 is 17.9 Å². The first-order chi connectivity index (χ1) is 8.27. The van der Waals surface area contributed by atoms with E-state index in [9.17, 15) is 4.79 Å². The molecule has 3 N–H and O–H groups in total. The van der Waals surface area contributed by atoms with Crippen molar-refractivity contribution < 1.29 is 9.90 Å². The molecule has 1 heterocycles. The van der Waals surface area contributed by atoms with Gasteiger partial charge in [-0.05, 0) is 24.3 Å². The van der Waals surface area contributed by atoms with Crippen LogP contribution in [0.5, 0.6) is 0 Å². The van der Waals surface area contributed by atoms with Crippen molar-refractivity contribution in [2.45, 2.75) is 0 Å². The molecule has 17 heavy (non-hydrogen) atoms. The number of benzene rings is 1. The summed E-state index contributed by atoms with van der Waals surface area (Å²) >= 11 is 0. The summed E-state index contributed by atoms with van der Waals surface area (Å²) in [5, 5.41) is 12.9. The number of carboxylic acid groups (broad SMARTS) is 1. The van der Waals surface area contributed by atoms with E-state index in [-0.39, 0.29) is 5.56 Å². The van der Waals surface area contributed by atoms with Crippen LogP contribution in [-0.2, 0) is 0 Å². The van der Waals surface area contributed by atoms with Gasteiger partial charge in [-0.1, -0.05) is 12.1 Å². The maximum atomic E-state index is 10.9. The molecule has 0 aliphatic rings. The van der Waals surface area contributed by atoms with Crippen LogP contribution in [0.25, 0.3) is 0 Å². The minimum Gasteiger partial charge on any atom is -0.478 e. The van der Waals surface area contributed by atoms with E-state index in [2.05, 4.69) is 15.5 Å². The third-order valence-corrected chi connectivity index (χ3v) is 2.17. The highest BCUT2D eigenvalue weighted by Gasteiger charge is 2.07. The van der Waals surface area contributed by atoms with E-state index in [1.807, 2.05) is 12.1 Å². The normalized spacial score (nSPS) is 10.6. The van der Waals surface area contributed by atoms with Gasteiger partial charge in [0, 0.05) is 6.20 Å². The fraction of sp³-hybridized carbons (Fsp3) is 0. The summed E-state index contributed by atoms with van der Waals surface area (Å²) in [4.78, 5) is 13.9. The van der Waals surface area contributed by atoms with Gasteiger partial charge in [0.2, 0.25) is 0 Å². The predicted octanol–water partition coefficient (Wildman–Crippen LogP) is 2.16. The quantitative estimate of drug-likeness (QED) is 0.555. The molecule has 0 fully saturated rings. The lowest BCUT2D eigenvalue weighted by atomic mass is 10.2. The van der Waals surface area contributed by atoms with Gasteiger partial charge in [-0.2, -0.15) is 5.10 Å². The topological polar surface area (TPSA) is 77.5 Å². The minimum absolute atomic E-state index is 0.191. The van der Waals surface area contributed by atoms with Crippen molar-refractivity contribution in [2.75, 3.05) is 5.43 Å². The second-order valence-corrected chi connectivity index (χ2v) is 3.35. The molecular formula is C12H11N3O2. The highest BCUT2D eigenvalue weighted by atomic mass is 16.4. The van der Waals surface area contributed by atoms with Gasteiger partial charge in [-0.25, -0.2) is 4.79 Å². The summed E-state index contributed by atoms with van der Waals surface area (Å²) in [5.41, 5.74) is 4.19. The number of aromatic nitrogens is 1. The molecule has 86 valence electrons. The molecule has 0 aliphatic heterocycles. The summed E-state index contributed by atoms with van der Waals surface area (Å²) in [6, 6.07) is 10.3. The summed E-state index contributed by atoms with van der Waals surface area (Å²) in [6.07, 6.45) is 3.37. The van der Waals surface area contributed by atoms with Crippen LogP contribution >= 0.6 is 0 Å². The number of aromatic carboxylic acids is 1. The Bertz CT molecular complexity index is 532. The number of hydrazone groups is 1. The Labute approximate surface area is 97.8 Å². The molecule has 2 rings (SSSR count). The van der Waals surface area contributed by atoms with Crippen molar-refractivity contribution in [1.29, 1.82) is 0 Å². The maximum absolute atomic E-state index is 10.9. The molecule has 0 spiro atoms. The van der Waals surface area contributed by atoms with Gasteiger partial charge in [0.15, 0.2) is 0 Å². The lowest BCUT2D eigenvalue weighted by Gasteiger charge is -2.03. The molecule has 0 aliphatic carbocycles. The van der Waals surface area contributed by atoms with Crippen LogP contribution in [0.4, 0.5) is 5.69 Å². The molecule has 0 radical (unpaired) electrons. The summed E-state index contributed by atoms with van der Waals surface area (Å²) < 4.78 is 0. The van der Waals surface area contributed by atoms with Gasteiger partial charge in [-0.15, -0.1) is 0 Å². The van der Waals surface area contributed by atoms with Gasteiger partial charge < -0.3 is 10.1 Å². The average molecular weight is 229 g/mol. The third-order valence-electron chi connectivity index (χ3n) is 2.17. The van der Waals surface area contributed by atoms with E-state index in [0.717, 1.165) is 5.69 Å². The fourth-order valence-corrected chi connectivity index (χ4v) is 1.36. The first kappa shape index (κ1) is 10.9. The number of para-hydroxylation sites is 1. The maximum Gasteiger partial charge on any atom is 0.337 e. The van der Waals surface area contributed by atoms with E-state index in [4.69, 9.17) is 5.11 Å². The molecule has 5 heteroatoms. The average Bonchev–Trinajstić information content (AvgIpc) is 2.82.